The topological polar surface area (TPSA) is 58.2 Å². The Balaban J connectivity index is 1.78. The minimum absolute atomic E-state index is 0.0222. The fourth-order valence-corrected chi connectivity index (χ4v) is 4.44. The van der Waals surface area contributed by atoms with Crippen molar-refractivity contribution in [1.82, 2.24) is 10.6 Å². The van der Waals surface area contributed by atoms with E-state index in [0.717, 1.165) is 41.9 Å². The van der Waals surface area contributed by atoms with Crippen molar-refractivity contribution in [2.75, 3.05) is 40.8 Å². The second-order valence-corrected chi connectivity index (χ2v) is 8.39. The number of carbonyl (C=O) groups is 2. The predicted octanol–water partition coefficient (Wildman–Crippen LogP) is 2.76. The largest absolute Gasteiger partial charge is 0.391 e. The third-order valence-electron chi connectivity index (χ3n) is 5.86. The summed E-state index contributed by atoms with van der Waals surface area (Å²) in [7, 11) is 6.31. The number of ketones is 2. The zero-order valence-electron chi connectivity index (χ0n) is 17.4. The first kappa shape index (κ1) is 20.3. The quantitative estimate of drug-likeness (QED) is 0.536. The van der Waals surface area contributed by atoms with Crippen LogP contribution in [0.1, 0.15) is 40.5 Å². The summed E-state index contributed by atoms with van der Waals surface area (Å²) < 4.78 is 0.998. The van der Waals surface area contributed by atoms with E-state index in [1.165, 1.54) is 6.42 Å². The molecular formula is C23H32N3O2+. The molecule has 0 heterocycles. The lowest BCUT2D eigenvalue weighted by atomic mass is 9.69. The lowest BCUT2D eigenvalue weighted by Gasteiger charge is -2.36. The molecule has 150 valence electrons. The number of benzene rings is 1. The van der Waals surface area contributed by atoms with Gasteiger partial charge in [0.15, 0.2) is 11.6 Å². The number of rotatable bonds is 8. The Hall–Kier alpha value is -2.40. The second-order valence-electron chi connectivity index (χ2n) is 8.39. The number of fused-ring (bicyclic) bond motifs is 2. The van der Waals surface area contributed by atoms with Crippen molar-refractivity contribution in [3.05, 3.63) is 58.9 Å². The number of nitrogens with zero attached hydrogens (tertiary/aromatic N) is 1. The average molecular weight is 383 g/mol. The lowest BCUT2D eigenvalue weighted by molar-refractivity contribution is -0.890. The maximum Gasteiger partial charge on any atom is 0.173 e. The first-order chi connectivity index (χ1) is 13.4. The van der Waals surface area contributed by atoms with Crippen molar-refractivity contribution in [1.29, 1.82) is 0 Å². The molecule has 3 rings (SSSR count). The van der Waals surface area contributed by atoms with Gasteiger partial charge in [-0.15, -0.1) is 0 Å². The molecule has 28 heavy (non-hydrogen) atoms. The molecule has 2 atom stereocenters. The highest BCUT2D eigenvalue weighted by Crippen LogP contribution is 2.39. The molecule has 2 aliphatic carbocycles. The molecule has 2 N–H and O–H groups in total. The van der Waals surface area contributed by atoms with E-state index >= 15 is 0 Å². The molecule has 2 aliphatic rings. The van der Waals surface area contributed by atoms with E-state index in [0.29, 0.717) is 11.1 Å². The van der Waals surface area contributed by atoms with Gasteiger partial charge in [-0.3, -0.25) is 9.59 Å². The highest BCUT2D eigenvalue weighted by molar-refractivity contribution is 6.18. The number of Topliss-reactive ketones (excluding diaryl/α,β-unsaturated/α-hetero) is 2. The van der Waals surface area contributed by atoms with Crippen molar-refractivity contribution in [2.24, 2.45) is 11.8 Å². The first-order valence-corrected chi connectivity index (χ1v) is 10.2. The van der Waals surface area contributed by atoms with Crippen LogP contribution in [-0.4, -0.2) is 56.8 Å². The van der Waals surface area contributed by atoms with E-state index < -0.39 is 11.8 Å². The van der Waals surface area contributed by atoms with Crippen LogP contribution in [0.5, 0.6) is 0 Å². The normalized spacial score (nSPS) is 21.4. The van der Waals surface area contributed by atoms with Gasteiger partial charge in [0.1, 0.15) is 0 Å². The lowest BCUT2D eigenvalue weighted by Crippen LogP contribution is -2.45. The molecule has 0 fully saturated rings. The number of hydrogen-bond donors (Lipinski definition) is 2. The van der Waals surface area contributed by atoms with Crippen molar-refractivity contribution in [3.63, 3.8) is 0 Å². The molecule has 5 nitrogen and oxygen atoms in total. The van der Waals surface area contributed by atoms with Crippen molar-refractivity contribution >= 4 is 11.6 Å². The van der Waals surface area contributed by atoms with Gasteiger partial charge in [-0.25, -0.2) is 0 Å². The Bertz CT molecular complexity index is 823. The van der Waals surface area contributed by atoms with Gasteiger partial charge in [-0.1, -0.05) is 31.2 Å². The molecule has 0 aromatic heterocycles. The van der Waals surface area contributed by atoms with E-state index in [1.807, 2.05) is 24.3 Å². The molecular weight excluding hydrogens is 350 g/mol. The average Bonchev–Trinajstić information content (AvgIpc) is 2.68. The highest BCUT2D eigenvalue weighted by atomic mass is 16.1. The molecule has 1 aromatic carbocycles. The molecule has 0 saturated carbocycles. The molecule has 2 unspecified atom stereocenters. The summed E-state index contributed by atoms with van der Waals surface area (Å²) in [5.41, 5.74) is 2.75. The summed E-state index contributed by atoms with van der Waals surface area (Å²) in [6, 6.07) is 7.18. The van der Waals surface area contributed by atoms with Gasteiger partial charge in [0.05, 0.1) is 39.0 Å². The molecule has 0 aliphatic heterocycles. The number of hydrogen-bond acceptors (Lipinski definition) is 4. The number of quaternary nitrogens is 1. The predicted molar refractivity (Wildman–Crippen MR) is 112 cm³/mol. The van der Waals surface area contributed by atoms with Gasteiger partial charge in [0.2, 0.25) is 0 Å². The Morgan fingerprint density at radius 3 is 2.07 bits per heavy atom. The minimum atomic E-state index is -0.466. The van der Waals surface area contributed by atoms with Crippen LogP contribution in [-0.2, 0) is 0 Å². The van der Waals surface area contributed by atoms with Crippen LogP contribution in [0.4, 0.5) is 0 Å². The maximum atomic E-state index is 13.3. The maximum absolute atomic E-state index is 13.3. The van der Waals surface area contributed by atoms with Gasteiger partial charge < -0.3 is 15.1 Å². The zero-order valence-corrected chi connectivity index (χ0v) is 17.4. The summed E-state index contributed by atoms with van der Waals surface area (Å²) in [5.74, 6) is -0.879. The van der Waals surface area contributed by atoms with Crippen LogP contribution in [0.3, 0.4) is 0 Å². The van der Waals surface area contributed by atoms with E-state index in [9.17, 15) is 9.59 Å². The van der Waals surface area contributed by atoms with Crippen molar-refractivity contribution < 1.29 is 14.1 Å². The van der Waals surface area contributed by atoms with Gasteiger partial charge in [0, 0.05) is 42.5 Å². The summed E-state index contributed by atoms with van der Waals surface area (Å²) >= 11 is 0. The molecule has 5 heteroatoms. The molecule has 0 saturated heterocycles. The van der Waals surface area contributed by atoms with E-state index in [4.69, 9.17) is 0 Å². The standard InChI is InChI=1S/C23H32N3O2/c1-5-14-26(3,4)15-8-13-25-19-12-11-18(24-2)20-21(19)23(28)17-10-7-6-9-16(17)22(20)27/h6-7,9-12,20-21,24-25H,5,8,13-15H2,1-4H3/q+1. The van der Waals surface area contributed by atoms with Crippen molar-refractivity contribution in [3.8, 4) is 0 Å². The van der Waals surface area contributed by atoms with Gasteiger partial charge >= 0.3 is 0 Å². The zero-order chi connectivity index (χ0) is 20.3. The molecule has 0 radical (unpaired) electrons. The summed E-state index contributed by atoms with van der Waals surface area (Å²) in [6.07, 6.45) is 6.07. The van der Waals surface area contributed by atoms with E-state index in [1.54, 1.807) is 19.2 Å². The molecule has 0 bridgehead atoms. The number of nitrogens with one attached hydrogen (secondary N) is 2. The first-order valence-electron chi connectivity index (χ1n) is 10.2. The Labute approximate surface area is 168 Å². The van der Waals surface area contributed by atoms with Gasteiger partial charge in [-0.2, -0.15) is 0 Å². The fraction of sp³-hybridized carbons (Fsp3) is 0.478. The third kappa shape index (κ3) is 3.90. The van der Waals surface area contributed by atoms with E-state index in [2.05, 4.69) is 31.7 Å². The minimum Gasteiger partial charge on any atom is -0.391 e. The van der Waals surface area contributed by atoms with Crippen LogP contribution < -0.4 is 10.6 Å². The van der Waals surface area contributed by atoms with Crippen LogP contribution in [0.2, 0.25) is 0 Å². The third-order valence-corrected chi connectivity index (χ3v) is 5.86. The Morgan fingerprint density at radius 1 is 0.929 bits per heavy atom. The van der Waals surface area contributed by atoms with Gasteiger partial charge in [-0.05, 0) is 18.6 Å². The van der Waals surface area contributed by atoms with Crippen LogP contribution in [0.15, 0.2) is 47.8 Å². The van der Waals surface area contributed by atoms with Crippen molar-refractivity contribution in [2.45, 2.75) is 19.8 Å². The Kier molecular flexibility index (Phi) is 6.04. The van der Waals surface area contributed by atoms with E-state index in [-0.39, 0.29) is 11.6 Å². The summed E-state index contributed by atoms with van der Waals surface area (Å²) in [6.45, 7) is 5.24. The molecule has 0 spiro atoms. The SMILES string of the molecule is CCC[N+](C)(C)CCCNC1=CC=C(NC)C2C(=O)c3ccccc3C(=O)C12. The monoisotopic (exact) mass is 382 g/mol. The number of carbonyl (C=O) groups excluding carboxylic acids is 2. The van der Waals surface area contributed by atoms with Crippen LogP contribution in [0, 0.1) is 11.8 Å². The van der Waals surface area contributed by atoms with Crippen LogP contribution >= 0.6 is 0 Å². The Morgan fingerprint density at radius 2 is 1.50 bits per heavy atom. The summed E-state index contributed by atoms with van der Waals surface area (Å²) in [4.78, 5) is 26.4. The fourth-order valence-electron chi connectivity index (χ4n) is 4.44. The van der Waals surface area contributed by atoms with Crippen LogP contribution in [0.25, 0.3) is 0 Å². The highest BCUT2D eigenvalue weighted by Gasteiger charge is 2.46. The van der Waals surface area contributed by atoms with Gasteiger partial charge in [0.25, 0.3) is 0 Å². The molecule has 1 aromatic rings. The number of allylic oxidation sites excluding steroid dienone is 4. The summed E-state index contributed by atoms with van der Waals surface area (Å²) in [5, 5.41) is 6.59. The molecule has 0 amide bonds. The smallest absolute Gasteiger partial charge is 0.173 e. The second kappa shape index (κ2) is 8.31.